The minimum absolute atomic E-state index is 0.0156. The molecule has 2 aromatic rings. The molecule has 0 fully saturated rings. The number of benzene rings is 2. The number of rotatable bonds is 7. The van der Waals surface area contributed by atoms with E-state index < -0.39 is 22.0 Å². The fourth-order valence-corrected chi connectivity index (χ4v) is 4.31. The molecular formula is C19H22Cl2N2O4S. The van der Waals surface area contributed by atoms with Crippen molar-refractivity contribution in [1.82, 2.24) is 0 Å². The van der Waals surface area contributed by atoms with E-state index in [1.54, 1.807) is 24.3 Å². The molecule has 9 heteroatoms. The van der Waals surface area contributed by atoms with Crippen molar-refractivity contribution in [2.24, 2.45) is 0 Å². The van der Waals surface area contributed by atoms with Crippen molar-refractivity contribution in [3.05, 3.63) is 52.5 Å². The number of carbonyl (C=O) groups excluding carboxylic acids is 1. The van der Waals surface area contributed by atoms with Crippen LogP contribution in [0.1, 0.15) is 20.8 Å². The fraction of sp³-hybridized carbons (Fsp3) is 0.316. The number of carbonyl (C=O) groups is 1. The van der Waals surface area contributed by atoms with Gasteiger partial charge in [-0.15, -0.1) is 0 Å². The van der Waals surface area contributed by atoms with E-state index in [-0.39, 0.29) is 21.8 Å². The molecule has 1 N–H and O–H groups in total. The van der Waals surface area contributed by atoms with Crippen LogP contribution in [0.25, 0.3) is 0 Å². The van der Waals surface area contributed by atoms with Gasteiger partial charge in [-0.05, 0) is 51.1 Å². The Labute approximate surface area is 175 Å². The van der Waals surface area contributed by atoms with E-state index in [1.165, 1.54) is 25.1 Å². The third-order valence-electron chi connectivity index (χ3n) is 3.66. The van der Waals surface area contributed by atoms with E-state index >= 15 is 0 Å². The summed E-state index contributed by atoms with van der Waals surface area (Å²) in [6.45, 7) is 5.28. The fourth-order valence-electron chi connectivity index (χ4n) is 2.64. The second kappa shape index (κ2) is 9.03. The van der Waals surface area contributed by atoms with E-state index in [1.807, 2.05) is 13.8 Å². The van der Waals surface area contributed by atoms with Gasteiger partial charge in [0, 0.05) is 21.8 Å². The van der Waals surface area contributed by atoms with Gasteiger partial charge in [0.25, 0.3) is 0 Å². The van der Waals surface area contributed by atoms with E-state index in [0.717, 1.165) is 10.6 Å². The zero-order valence-corrected chi connectivity index (χ0v) is 18.3. The maximum absolute atomic E-state index is 12.8. The Morgan fingerprint density at radius 1 is 1.07 bits per heavy atom. The zero-order chi connectivity index (χ0) is 21.1. The first kappa shape index (κ1) is 22.3. The lowest BCUT2D eigenvalue weighted by Gasteiger charge is -2.28. The first-order chi connectivity index (χ1) is 13.0. The molecule has 0 aliphatic heterocycles. The molecule has 6 nitrogen and oxygen atoms in total. The number of nitrogens with zero attached hydrogens (tertiary/aromatic N) is 1. The lowest BCUT2D eigenvalue weighted by molar-refractivity contribution is -0.116. The van der Waals surface area contributed by atoms with Crippen LogP contribution in [0.2, 0.25) is 10.0 Å². The molecule has 0 aliphatic carbocycles. The average Bonchev–Trinajstić information content (AvgIpc) is 2.52. The van der Waals surface area contributed by atoms with Crippen LogP contribution in [0.5, 0.6) is 5.75 Å². The Kier molecular flexibility index (Phi) is 7.20. The lowest BCUT2D eigenvalue weighted by atomic mass is 10.2. The molecular weight excluding hydrogens is 423 g/mol. The highest BCUT2D eigenvalue weighted by molar-refractivity contribution is 7.92. The number of hydrogen-bond acceptors (Lipinski definition) is 4. The Bertz CT molecular complexity index is 944. The summed E-state index contributed by atoms with van der Waals surface area (Å²) in [5.41, 5.74) is 0.701. The van der Waals surface area contributed by atoms with E-state index in [4.69, 9.17) is 27.9 Å². The largest absolute Gasteiger partial charge is 0.491 e. The van der Waals surface area contributed by atoms with Crippen LogP contribution in [0.3, 0.4) is 0 Å². The molecule has 152 valence electrons. The van der Waals surface area contributed by atoms with Crippen molar-refractivity contribution in [1.29, 1.82) is 0 Å². The summed E-state index contributed by atoms with van der Waals surface area (Å²) < 4.78 is 31.3. The maximum Gasteiger partial charge on any atom is 0.247 e. The molecule has 0 saturated heterocycles. The Morgan fingerprint density at radius 3 is 2.21 bits per heavy atom. The van der Waals surface area contributed by atoms with Gasteiger partial charge in [0.15, 0.2) is 0 Å². The van der Waals surface area contributed by atoms with E-state index in [0.29, 0.717) is 11.4 Å². The molecule has 0 radical (unpaired) electrons. The first-order valence-electron chi connectivity index (χ1n) is 8.50. The maximum atomic E-state index is 12.8. The summed E-state index contributed by atoms with van der Waals surface area (Å²) in [5.74, 6) is 0.0882. The zero-order valence-electron chi connectivity index (χ0n) is 15.9. The van der Waals surface area contributed by atoms with Crippen LogP contribution in [-0.4, -0.2) is 32.7 Å². The second-order valence-electron chi connectivity index (χ2n) is 6.55. The average molecular weight is 445 g/mol. The number of halogens is 2. The van der Waals surface area contributed by atoms with Gasteiger partial charge in [-0.3, -0.25) is 9.10 Å². The lowest BCUT2D eigenvalue weighted by Crippen LogP contribution is -2.45. The molecule has 0 heterocycles. The Hall–Kier alpha value is -1.96. The molecule has 1 amide bonds. The predicted molar refractivity (Wildman–Crippen MR) is 114 cm³/mol. The molecule has 28 heavy (non-hydrogen) atoms. The molecule has 0 aromatic heterocycles. The Balaban J connectivity index is 2.30. The van der Waals surface area contributed by atoms with Crippen molar-refractivity contribution in [2.75, 3.05) is 15.9 Å². The molecule has 2 rings (SSSR count). The highest BCUT2D eigenvalue weighted by Gasteiger charge is 2.29. The minimum Gasteiger partial charge on any atom is -0.491 e. The van der Waals surface area contributed by atoms with Crippen molar-refractivity contribution in [3.63, 3.8) is 0 Å². The number of hydrogen-bond donors (Lipinski definition) is 1. The molecule has 2 aromatic carbocycles. The van der Waals surface area contributed by atoms with Gasteiger partial charge in [0.1, 0.15) is 11.8 Å². The smallest absolute Gasteiger partial charge is 0.247 e. The highest BCUT2D eigenvalue weighted by Crippen LogP contribution is 2.29. The van der Waals surface area contributed by atoms with Crippen LogP contribution in [0.15, 0.2) is 42.5 Å². The summed E-state index contributed by atoms with van der Waals surface area (Å²) in [5, 5.41) is 3.25. The van der Waals surface area contributed by atoms with E-state index in [9.17, 15) is 13.2 Å². The van der Waals surface area contributed by atoms with Crippen molar-refractivity contribution < 1.29 is 17.9 Å². The predicted octanol–water partition coefficient (Wildman–Crippen LogP) is 4.57. The number of amides is 1. The van der Waals surface area contributed by atoms with Crippen LogP contribution in [0.4, 0.5) is 11.4 Å². The molecule has 0 unspecified atom stereocenters. The summed E-state index contributed by atoms with van der Waals surface area (Å²) in [4.78, 5) is 12.8. The monoisotopic (exact) mass is 444 g/mol. The quantitative estimate of drug-likeness (QED) is 0.677. The molecule has 1 atom stereocenters. The summed E-state index contributed by atoms with van der Waals surface area (Å²) in [6, 6.07) is 10.2. The summed E-state index contributed by atoms with van der Waals surface area (Å²) >= 11 is 12.0. The number of anilines is 2. The standard InChI is InChI=1S/C19H22Cl2N2O4S/c1-12(2)27-18-7-5-6-16(11-18)22-19(24)13(3)23(28(4,25)26)17-9-14(20)8-15(21)10-17/h5-13H,1-4H3,(H,22,24)/t13-/m0/s1. The van der Waals surface area contributed by atoms with Crippen LogP contribution >= 0.6 is 23.2 Å². The van der Waals surface area contributed by atoms with Crippen molar-refractivity contribution >= 4 is 50.5 Å². The van der Waals surface area contributed by atoms with Gasteiger partial charge in [-0.25, -0.2) is 8.42 Å². The van der Waals surface area contributed by atoms with Crippen LogP contribution in [-0.2, 0) is 14.8 Å². The molecule has 0 aliphatic rings. The Morgan fingerprint density at radius 2 is 1.68 bits per heavy atom. The van der Waals surface area contributed by atoms with E-state index in [2.05, 4.69) is 5.32 Å². The molecule has 0 saturated carbocycles. The van der Waals surface area contributed by atoms with Gasteiger partial charge in [0.2, 0.25) is 15.9 Å². The molecule has 0 bridgehead atoms. The van der Waals surface area contributed by atoms with Crippen LogP contribution < -0.4 is 14.4 Å². The minimum atomic E-state index is -3.78. The summed E-state index contributed by atoms with van der Waals surface area (Å²) in [6.07, 6.45) is 1.00. The van der Waals surface area contributed by atoms with Gasteiger partial charge < -0.3 is 10.1 Å². The SMILES string of the molecule is CC(C)Oc1cccc(NC(=O)[C@H](C)N(c2cc(Cl)cc(Cl)c2)S(C)(=O)=O)c1. The highest BCUT2D eigenvalue weighted by atomic mass is 35.5. The second-order valence-corrected chi connectivity index (χ2v) is 9.28. The number of nitrogens with one attached hydrogen (secondary N) is 1. The van der Waals surface area contributed by atoms with Gasteiger partial charge in [-0.1, -0.05) is 29.3 Å². The van der Waals surface area contributed by atoms with Crippen molar-refractivity contribution in [2.45, 2.75) is 32.9 Å². The third kappa shape index (κ3) is 6.02. The van der Waals surface area contributed by atoms with Gasteiger partial charge in [0.05, 0.1) is 18.0 Å². The first-order valence-corrected chi connectivity index (χ1v) is 11.1. The third-order valence-corrected chi connectivity index (χ3v) is 5.34. The van der Waals surface area contributed by atoms with Crippen LogP contribution in [0, 0.1) is 0 Å². The number of ether oxygens (including phenoxy) is 1. The number of sulfonamides is 1. The van der Waals surface area contributed by atoms with Crippen molar-refractivity contribution in [3.8, 4) is 5.75 Å². The normalized spacial score (nSPS) is 12.5. The topological polar surface area (TPSA) is 75.7 Å². The van der Waals surface area contributed by atoms with Gasteiger partial charge >= 0.3 is 0 Å². The van der Waals surface area contributed by atoms with Gasteiger partial charge in [-0.2, -0.15) is 0 Å². The summed E-state index contributed by atoms with van der Waals surface area (Å²) in [7, 11) is -3.78. The molecule has 0 spiro atoms.